The molecule has 16 heavy (non-hydrogen) atoms. The molecule has 0 radical (unpaired) electrons. The molecule has 1 rings (SSSR count). The zero-order valence-corrected chi connectivity index (χ0v) is 10.4. The molecule has 1 aliphatic rings. The molecule has 1 aliphatic carbocycles. The molecule has 2 atom stereocenters. The van der Waals surface area contributed by atoms with E-state index in [1.165, 1.54) is 7.11 Å². The number of Topliss-reactive ketones (excluding diaryl/α,β-unsaturated/α-hetero) is 1. The fraction of sp³-hybridized carbons (Fsp3) is 0.833. The van der Waals surface area contributed by atoms with Crippen molar-refractivity contribution in [2.24, 2.45) is 10.8 Å². The van der Waals surface area contributed by atoms with Gasteiger partial charge in [0.1, 0.15) is 5.78 Å². The van der Waals surface area contributed by atoms with E-state index < -0.39 is 17.5 Å². The second kappa shape index (κ2) is 4.17. The van der Waals surface area contributed by atoms with Crippen LogP contribution in [0.15, 0.2) is 0 Å². The molecule has 1 saturated carbocycles. The van der Waals surface area contributed by atoms with Gasteiger partial charge in [0.2, 0.25) is 0 Å². The molecule has 0 amide bonds. The number of ketones is 1. The highest BCUT2D eigenvalue weighted by Crippen LogP contribution is 2.48. The normalized spacial score (nSPS) is 30.2. The van der Waals surface area contributed by atoms with E-state index in [4.69, 9.17) is 0 Å². The van der Waals surface area contributed by atoms with Gasteiger partial charge in [0, 0.05) is 6.42 Å². The Morgan fingerprint density at radius 3 is 2.44 bits per heavy atom. The van der Waals surface area contributed by atoms with Crippen LogP contribution in [0.25, 0.3) is 0 Å². The molecule has 0 bridgehead atoms. The van der Waals surface area contributed by atoms with Gasteiger partial charge in [-0.15, -0.1) is 0 Å². The van der Waals surface area contributed by atoms with Crippen molar-refractivity contribution in [2.45, 2.75) is 46.1 Å². The van der Waals surface area contributed by atoms with E-state index in [-0.39, 0.29) is 17.6 Å². The molecule has 0 saturated heterocycles. The van der Waals surface area contributed by atoms with Crippen molar-refractivity contribution in [2.75, 3.05) is 7.11 Å². The third-order valence-electron chi connectivity index (χ3n) is 3.45. The van der Waals surface area contributed by atoms with Crippen LogP contribution in [0.3, 0.4) is 0 Å². The monoisotopic (exact) mass is 228 g/mol. The van der Waals surface area contributed by atoms with Crippen molar-refractivity contribution in [1.82, 2.24) is 0 Å². The van der Waals surface area contributed by atoms with Crippen LogP contribution in [0.4, 0.5) is 0 Å². The molecular weight excluding hydrogens is 208 g/mol. The zero-order chi connectivity index (χ0) is 12.6. The Kier molecular flexibility index (Phi) is 3.43. The lowest BCUT2D eigenvalue weighted by atomic mass is 9.77. The highest BCUT2D eigenvalue weighted by atomic mass is 16.5. The van der Waals surface area contributed by atoms with Crippen LogP contribution in [0.1, 0.15) is 40.0 Å². The number of aliphatic hydroxyl groups is 1. The standard InChI is InChI=1S/C12H20O4/c1-11(2)6-9(14)12(3,7-11)8(13)5-10(15)16-4/h8,13H,5-7H2,1-4H3/t8-,12+/m0/s1. The van der Waals surface area contributed by atoms with Crippen LogP contribution >= 0.6 is 0 Å². The summed E-state index contributed by atoms with van der Waals surface area (Å²) in [5.74, 6) is -0.444. The number of carbonyl (C=O) groups excluding carboxylic acids is 2. The molecule has 92 valence electrons. The molecule has 0 heterocycles. The molecular formula is C12H20O4. The van der Waals surface area contributed by atoms with Crippen molar-refractivity contribution in [1.29, 1.82) is 0 Å². The van der Waals surface area contributed by atoms with Crippen LogP contribution in [-0.4, -0.2) is 30.1 Å². The molecule has 4 nitrogen and oxygen atoms in total. The Balaban J connectivity index is 2.78. The Hall–Kier alpha value is -0.900. The molecule has 4 heteroatoms. The lowest BCUT2D eigenvalue weighted by Gasteiger charge is -2.29. The maximum atomic E-state index is 11.9. The highest BCUT2D eigenvalue weighted by Gasteiger charge is 2.51. The van der Waals surface area contributed by atoms with E-state index in [0.717, 1.165) is 0 Å². The van der Waals surface area contributed by atoms with E-state index >= 15 is 0 Å². The molecule has 0 aliphatic heterocycles. The molecule has 0 aromatic rings. The highest BCUT2D eigenvalue weighted by molar-refractivity contribution is 5.88. The lowest BCUT2D eigenvalue weighted by Crippen LogP contribution is -2.38. The number of methoxy groups -OCH3 is 1. The van der Waals surface area contributed by atoms with Gasteiger partial charge in [-0.3, -0.25) is 9.59 Å². The summed E-state index contributed by atoms with van der Waals surface area (Å²) in [5.41, 5.74) is -0.902. The topological polar surface area (TPSA) is 63.6 Å². The number of hydrogen-bond donors (Lipinski definition) is 1. The third-order valence-corrected chi connectivity index (χ3v) is 3.45. The second-order valence-electron chi connectivity index (χ2n) is 5.65. The minimum absolute atomic E-state index is 0.0360. The van der Waals surface area contributed by atoms with Gasteiger partial charge in [-0.1, -0.05) is 20.8 Å². The summed E-state index contributed by atoms with van der Waals surface area (Å²) in [7, 11) is 1.28. The first kappa shape index (κ1) is 13.2. The van der Waals surface area contributed by atoms with Gasteiger partial charge in [0.15, 0.2) is 0 Å². The van der Waals surface area contributed by atoms with Gasteiger partial charge >= 0.3 is 5.97 Å². The summed E-state index contributed by atoms with van der Waals surface area (Å²) in [6, 6.07) is 0. The summed E-state index contributed by atoms with van der Waals surface area (Å²) in [5, 5.41) is 9.99. The van der Waals surface area contributed by atoms with Gasteiger partial charge in [0.25, 0.3) is 0 Å². The van der Waals surface area contributed by atoms with Crippen molar-refractivity contribution in [3.63, 3.8) is 0 Å². The van der Waals surface area contributed by atoms with Crippen molar-refractivity contribution in [3.8, 4) is 0 Å². The van der Waals surface area contributed by atoms with Crippen LogP contribution in [-0.2, 0) is 14.3 Å². The summed E-state index contributed by atoms with van der Waals surface area (Å²) in [6.07, 6.45) is 0.00214. The Morgan fingerprint density at radius 1 is 1.50 bits per heavy atom. The number of carbonyl (C=O) groups is 2. The van der Waals surface area contributed by atoms with Crippen LogP contribution < -0.4 is 0 Å². The number of hydrogen-bond acceptors (Lipinski definition) is 4. The van der Waals surface area contributed by atoms with E-state index in [1.54, 1.807) is 6.92 Å². The fourth-order valence-corrected chi connectivity index (χ4v) is 2.56. The van der Waals surface area contributed by atoms with E-state index in [0.29, 0.717) is 12.8 Å². The van der Waals surface area contributed by atoms with Crippen LogP contribution in [0.2, 0.25) is 0 Å². The average molecular weight is 228 g/mol. The summed E-state index contributed by atoms with van der Waals surface area (Å²) in [6.45, 7) is 5.74. The van der Waals surface area contributed by atoms with Crippen LogP contribution in [0.5, 0.6) is 0 Å². The maximum Gasteiger partial charge on any atom is 0.308 e. The van der Waals surface area contributed by atoms with Crippen molar-refractivity contribution >= 4 is 11.8 Å². The largest absolute Gasteiger partial charge is 0.469 e. The van der Waals surface area contributed by atoms with Gasteiger partial charge in [-0.2, -0.15) is 0 Å². The van der Waals surface area contributed by atoms with E-state index in [1.807, 2.05) is 13.8 Å². The molecule has 1 N–H and O–H groups in total. The van der Waals surface area contributed by atoms with Gasteiger partial charge in [-0.25, -0.2) is 0 Å². The first-order valence-electron chi connectivity index (χ1n) is 5.49. The Bertz CT molecular complexity index is 308. The van der Waals surface area contributed by atoms with Crippen LogP contribution in [0, 0.1) is 10.8 Å². The minimum atomic E-state index is -0.950. The molecule has 0 unspecified atom stereocenters. The van der Waals surface area contributed by atoms with Gasteiger partial charge in [0.05, 0.1) is 25.0 Å². The number of ether oxygens (including phenoxy) is 1. The average Bonchev–Trinajstić information content (AvgIpc) is 2.36. The van der Waals surface area contributed by atoms with Crippen molar-refractivity contribution in [3.05, 3.63) is 0 Å². The quantitative estimate of drug-likeness (QED) is 0.740. The fourth-order valence-electron chi connectivity index (χ4n) is 2.56. The maximum absolute atomic E-state index is 11.9. The summed E-state index contributed by atoms with van der Waals surface area (Å²) >= 11 is 0. The Morgan fingerprint density at radius 2 is 2.06 bits per heavy atom. The van der Waals surface area contributed by atoms with E-state index in [2.05, 4.69) is 4.74 Å². The molecule has 0 aromatic carbocycles. The van der Waals surface area contributed by atoms with Gasteiger partial charge < -0.3 is 9.84 Å². The molecule has 0 spiro atoms. The number of aliphatic hydroxyl groups excluding tert-OH is 1. The van der Waals surface area contributed by atoms with Gasteiger partial charge in [-0.05, 0) is 11.8 Å². The Labute approximate surface area is 96.0 Å². The predicted octanol–water partition coefficient (Wildman–Crippen LogP) is 1.31. The number of esters is 1. The summed E-state index contributed by atoms with van der Waals surface area (Å²) < 4.78 is 4.50. The first-order chi connectivity index (χ1) is 7.21. The molecule has 0 aromatic heterocycles. The number of rotatable bonds is 3. The van der Waals surface area contributed by atoms with Crippen molar-refractivity contribution < 1.29 is 19.4 Å². The smallest absolute Gasteiger partial charge is 0.308 e. The first-order valence-corrected chi connectivity index (χ1v) is 5.49. The third kappa shape index (κ3) is 2.43. The summed E-state index contributed by atoms with van der Waals surface area (Å²) in [4.78, 5) is 23.0. The second-order valence-corrected chi connectivity index (χ2v) is 5.65. The molecule has 1 fully saturated rings. The zero-order valence-electron chi connectivity index (χ0n) is 10.4. The predicted molar refractivity (Wildman–Crippen MR) is 58.8 cm³/mol. The SMILES string of the molecule is COC(=O)C[C@H](O)[C@@]1(C)CC(C)(C)CC1=O. The van der Waals surface area contributed by atoms with E-state index in [9.17, 15) is 14.7 Å². The minimum Gasteiger partial charge on any atom is -0.469 e. The lowest BCUT2D eigenvalue weighted by molar-refractivity contribution is -0.146.